The first-order valence-electron chi connectivity index (χ1n) is 12.4. The van der Waals surface area contributed by atoms with E-state index in [9.17, 15) is 9.59 Å². The van der Waals surface area contributed by atoms with Crippen LogP contribution in [0.2, 0.25) is 5.02 Å². The summed E-state index contributed by atoms with van der Waals surface area (Å²) >= 11 is 5.99. The van der Waals surface area contributed by atoms with E-state index < -0.39 is 17.5 Å². The molecule has 0 N–H and O–H groups in total. The number of carbonyl (C=O) groups is 2. The molecule has 0 bridgehead atoms. The Morgan fingerprint density at radius 2 is 1.78 bits per heavy atom. The van der Waals surface area contributed by atoms with Crippen LogP contribution in [0.1, 0.15) is 72.8 Å². The molecule has 36 heavy (non-hydrogen) atoms. The average Bonchev–Trinajstić information content (AvgIpc) is 2.81. The molecule has 194 valence electrons. The number of rotatable bonds is 9. The molecule has 0 aliphatic heterocycles. The lowest BCUT2D eigenvalue weighted by Crippen LogP contribution is -2.40. The summed E-state index contributed by atoms with van der Waals surface area (Å²) in [5.41, 5.74) is 3.88. The van der Waals surface area contributed by atoms with Gasteiger partial charge in [-0.25, -0.2) is 9.59 Å². The summed E-state index contributed by atoms with van der Waals surface area (Å²) in [6.07, 6.45) is 15.3. The van der Waals surface area contributed by atoms with Gasteiger partial charge < -0.3 is 9.47 Å². The standard InChI is InChI=1S/C31H39ClO4/c1-8-31(29(34)35-7,25-15-17-26(32)18-16-25)36-28(33)21-23(3)12-9-11-22(2)14-19-27-24(4)13-10-20-30(27,5)6/h9,11-12,14-19,21H,8,10,13,20H2,1-7H3. The average molecular weight is 511 g/mol. The number of hydrogen-bond donors (Lipinski definition) is 0. The van der Waals surface area contributed by atoms with Crippen LogP contribution in [0.15, 0.2) is 83.0 Å². The van der Waals surface area contributed by atoms with Crippen LogP contribution in [-0.2, 0) is 24.7 Å². The van der Waals surface area contributed by atoms with Gasteiger partial charge in [-0.3, -0.25) is 0 Å². The fraction of sp³-hybridized carbons (Fsp3) is 0.419. The van der Waals surface area contributed by atoms with Crippen molar-refractivity contribution in [2.45, 2.75) is 72.8 Å². The number of hydrogen-bond acceptors (Lipinski definition) is 4. The summed E-state index contributed by atoms with van der Waals surface area (Å²) < 4.78 is 10.7. The molecule has 0 radical (unpaired) electrons. The van der Waals surface area contributed by atoms with Crippen molar-refractivity contribution in [3.63, 3.8) is 0 Å². The minimum atomic E-state index is -1.54. The lowest BCUT2D eigenvalue weighted by atomic mass is 9.72. The SMILES string of the molecule is CCC(OC(=O)C=C(C)C=CC=C(C)C=CC1=C(C)CCCC1(C)C)(C(=O)OC)c1ccc(Cl)cc1. The minimum Gasteiger partial charge on any atom is -0.466 e. The Kier molecular flexibility index (Phi) is 10.5. The molecule has 1 atom stereocenters. The Bertz CT molecular complexity index is 1100. The molecule has 0 spiro atoms. The number of benzene rings is 1. The summed E-state index contributed by atoms with van der Waals surface area (Å²) in [6.45, 7) is 12.5. The third-order valence-corrected chi connectivity index (χ3v) is 6.97. The third-order valence-electron chi connectivity index (χ3n) is 6.72. The zero-order chi connectivity index (χ0) is 26.9. The van der Waals surface area contributed by atoms with Crippen LogP contribution in [0.25, 0.3) is 0 Å². The van der Waals surface area contributed by atoms with E-state index in [0.717, 1.165) is 5.57 Å². The van der Waals surface area contributed by atoms with Crippen LogP contribution in [0, 0.1) is 5.41 Å². The molecule has 1 aromatic rings. The second-order valence-electron chi connectivity index (χ2n) is 10.0. The van der Waals surface area contributed by atoms with Crippen LogP contribution in [0.5, 0.6) is 0 Å². The molecule has 1 aliphatic rings. The number of halogens is 1. The topological polar surface area (TPSA) is 52.6 Å². The van der Waals surface area contributed by atoms with Gasteiger partial charge in [0.2, 0.25) is 5.60 Å². The molecule has 0 amide bonds. The Hall–Kier alpha value is -2.85. The van der Waals surface area contributed by atoms with Crippen LogP contribution in [0.3, 0.4) is 0 Å². The summed E-state index contributed by atoms with van der Waals surface area (Å²) in [5.74, 6) is -1.26. The first kappa shape index (κ1) is 29.4. The van der Waals surface area contributed by atoms with Gasteiger partial charge in [0.1, 0.15) is 0 Å². The van der Waals surface area contributed by atoms with Gasteiger partial charge in [0.25, 0.3) is 0 Å². The van der Waals surface area contributed by atoms with Crippen molar-refractivity contribution in [2.24, 2.45) is 5.41 Å². The Morgan fingerprint density at radius 1 is 1.11 bits per heavy atom. The van der Waals surface area contributed by atoms with Gasteiger partial charge in [-0.2, -0.15) is 0 Å². The smallest absolute Gasteiger partial charge is 0.355 e. The van der Waals surface area contributed by atoms with Gasteiger partial charge in [0.05, 0.1) is 7.11 Å². The Balaban J connectivity index is 2.14. The van der Waals surface area contributed by atoms with Gasteiger partial charge in [0, 0.05) is 16.7 Å². The molecule has 0 fully saturated rings. The lowest BCUT2D eigenvalue weighted by Gasteiger charge is -2.32. The zero-order valence-electron chi connectivity index (χ0n) is 22.6. The van der Waals surface area contributed by atoms with Gasteiger partial charge in [-0.05, 0) is 75.1 Å². The second kappa shape index (κ2) is 12.9. The van der Waals surface area contributed by atoms with Gasteiger partial charge >= 0.3 is 11.9 Å². The summed E-state index contributed by atoms with van der Waals surface area (Å²) in [4.78, 5) is 25.4. The molecule has 1 unspecified atom stereocenters. The van der Waals surface area contributed by atoms with Crippen molar-refractivity contribution >= 4 is 23.5 Å². The van der Waals surface area contributed by atoms with E-state index in [1.807, 2.05) is 25.2 Å². The van der Waals surface area contributed by atoms with Crippen molar-refractivity contribution in [2.75, 3.05) is 7.11 Å². The number of allylic oxidation sites excluding steroid dienone is 9. The first-order chi connectivity index (χ1) is 16.9. The van der Waals surface area contributed by atoms with Crippen LogP contribution >= 0.6 is 11.6 Å². The minimum absolute atomic E-state index is 0.207. The van der Waals surface area contributed by atoms with Crippen LogP contribution in [0.4, 0.5) is 0 Å². The fourth-order valence-electron chi connectivity index (χ4n) is 4.59. The van der Waals surface area contributed by atoms with E-state index >= 15 is 0 Å². The van der Waals surface area contributed by atoms with E-state index in [1.54, 1.807) is 31.2 Å². The van der Waals surface area contributed by atoms with Crippen molar-refractivity contribution < 1.29 is 19.1 Å². The highest BCUT2D eigenvalue weighted by Crippen LogP contribution is 2.40. The highest BCUT2D eigenvalue weighted by Gasteiger charge is 2.43. The highest BCUT2D eigenvalue weighted by atomic mass is 35.5. The van der Waals surface area contributed by atoms with E-state index in [4.69, 9.17) is 21.1 Å². The number of ether oxygens (including phenoxy) is 2. The van der Waals surface area contributed by atoms with Crippen LogP contribution < -0.4 is 0 Å². The molecule has 0 saturated heterocycles. The van der Waals surface area contributed by atoms with Gasteiger partial charge in [0.15, 0.2) is 0 Å². The van der Waals surface area contributed by atoms with E-state index in [2.05, 4.69) is 39.8 Å². The predicted octanol–water partition coefficient (Wildman–Crippen LogP) is 8.19. The van der Waals surface area contributed by atoms with Gasteiger partial charge in [-0.1, -0.05) is 86.0 Å². The van der Waals surface area contributed by atoms with Gasteiger partial charge in [-0.15, -0.1) is 0 Å². The normalized spacial score (nSPS) is 18.4. The van der Waals surface area contributed by atoms with E-state index in [1.165, 1.54) is 43.6 Å². The second-order valence-corrected chi connectivity index (χ2v) is 10.5. The maximum atomic E-state index is 12.8. The van der Waals surface area contributed by atoms with E-state index in [0.29, 0.717) is 16.2 Å². The lowest BCUT2D eigenvalue weighted by molar-refractivity contribution is -0.180. The van der Waals surface area contributed by atoms with Crippen LogP contribution in [-0.4, -0.2) is 19.0 Å². The first-order valence-corrected chi connectivity index (χ1v) is 12.8. The Morgan fingerprint density at radius 3 is 2.36 bits per heavy atom. The molecule has 1 aromatic carbocycles. The summed E-state index contributed by atoms with van der Waals surface area (Å²) in [6, 6.07) is 6.63. The van der Waals surface area contributed by atoms with Crippen molar-refractivity contribution in [1.29, 1.82) is 0 Å². The quantitative estimate of drug-likeness (QED) is 0.191. The number of esters is 2. The molecule has 0 heterocycles. The predicted molar refractivity (Wildman–Crippen MR) is 148 cm³/mol. The summed E-state index contributed by atoms with van der Waals surface area (Å²) in [7, 11) is 1.27. The zero-order valence-corrected chi connectivity index (χ0v) is 23.4. The summed E-state index contributed by atoms with van der Waals surface area (Å²) in [5, 5.41) is 0.522. The monoisotopic (exact) mass is 510 g/mol. The maximum absolute atomic E-state index is 12.8. The van der Waals surface area contributed by atoms with Crippen molar-refractivity contribution in [1.82, 2.24) is 0 Å². The molecular weight excluding hydrogens is 472 g/mol. The number of methoxy groups -OCH3 is 1. The molecule has 0 aromatic heterocycles. The van der Waals surface area contributed by atoms with Crippen molar-refractivity contribution in [3.8, 4) is 0 Å². The molecule has 4 nitrogen and oxygen atoms in total. The largest absolute Gasteiger partial charge is 0.466 e. The van der Waals surface area contributed by atoms with E-state index in [-0.39, 0.29) is 11.8 Å². The molecular formula is C31H39ClO4. The maximum Gasteiger partial charge on any atom is 0.355 e. The third kappa shape index (κ3) is 7.57. The fourth-order valence-corrected chi connectivity index (χ4v) is 4.72. The molecule has 2 rings (SSSR count). The molecule has 1 aliphatic carbocycles. The molecule has 5 heteroatoms. The van der Waals surface area contributed by atoms with Crippen molar-refractivity contribution in [3.05, 3.63) is 93.6 Å². The molecule has 0 saturated carbocycles. The highest BCUT2D eigenvalue weighted by molar-refractivity contribution is 6.30. The number of carbonyl (C=O) groups excluding carboxylic acids is 2. The Labute approximate surface area is 221 Å².